The van der Waals surface area contributed by atoms with E-state index in [4.69, 9.17) is 31.0 Å². The van der Waals surface area contributed by atoms with Crippen LogP contribution < -0.4 is 0 Å². The van der Waals surface area contributed by atoms with Gasteiger partial charge in [-0.25, -0.2) is 0 Å². The van der Waals surface area contributed by atoms with Crippen LogP contribution in [-0.4, -0.2) is 0 Å². The van der Waals surface area contributed by atoms with E-state index in [9.17, 15) is 0 Å². The van der Waals surface area contributed by atoms with E-state index in [2.05, 4.69) is 13.2 Å². The molecule has 1 aliphatic rings. The molecule has 0 unspecified atom stereocenters. The maximum Gasteiger partial charge on any atom is 0 e. The molecule has 0 aromatic carbocycles. The zero-order valence-corrected chi connectivity index (χ0v) is 11.9. The van der Waals surface area contributed by atoms with Gasteiger partial charge in [-0.05, 0) is 6.42 Å². The van der Waals surface area contributed by atoms with Crippen LogP contribution in [0.3, 0.4) is 0 Å². The van der Waals surface area contributed by atoms with Crippen molar-refractivity contribution in [1.82, 2.24) is 0 Å². The fourth-order valence-electron chi connectivity index (χ4n) is 1.53. The SMILES string of the molecule is [C-]#[O+].[CH-]=C1CCC(=[CH-])C(=[CH-])CC(=C)CCC1=[CH-].[Rh]. The molecule has 2 heteroatoms. The number of allylic oxidation sites excluding steroid dienone is 5. The third-order valence-corrected chi connectivity index (χ3v) is 2.68. The minimum Gasteiger partial charge on any atom is -0.391 e. The van der Waals surface area contributed by atoms with Gasteiger partial charge in [-0.3, -0.25) is 0 Å². The first-order valence-electron chi connectivity index (χ1n) is 5.33. The first kappa shape index (κ1) is 19.4. The van der Waals surface area contributed by atoms with Crippen molar-refractivity contribution in [3.05, 3.63) is 67.4 Å². The predicted octanol–water partition coefficient (Wildman–Crippen LogP) is 3.90. The topological polar surface area (TPSA) is 19.9 Å². The van der Waals surface area contributed by atoms with E-state index in [0.717, 1.165) is 29.6 Å². The zero-order chi connectivity index (χ0) is 13.4. The molecule has 0 spiro atoms. The van der Waals surface area contributed by atoms with E-state index in [0.29, 0.717) is 30.4 Å². The summed E-state index contributed by atoms with van der Waals surface area (Å²) in [4.78, 5) is 0. The third kappa shape index (κ3) is 6.71. The van der Waals surface area contributed by atoms with Crippen LogP contribution in [0, 0.1) is 33.0 Å². The first-order chi connectivity index (χ1) is 8.00. The van der Waals surface area contributed by atoms with Gasteiger partial charge >= 0.3 is 11.3 Å². The van der Waals surface area contributed by atoms with Gasteiger partial charge < -0.3 is 48.6 Å². The molecule has 0 heterocycles. The van der Waals surface area contributed by atoms with Crippen molar-refractivity contribution in [2.24, 2.45) is 0 Å². The van der Waals surface area contributed by atoms with Crippen LogP contribution in [0.1, 0.15) is 32.1 Å². The summed E-state index contributed by atoms with van der Waals surface area (Å²) in [5, 5.41) is 0. The first-order valence-corrected chi connectivity index (χ1v) is 5.33. The molecule has 0 N–H and O–H groups in total. The number of hydrogen-bond donors (Lipinski definition) is 0. The molecule has 0 amide bonds. The number of rotatable bonds is 0. The molecule has 0 saturated heterocycles. The largest absolute Gasteiger partial charge is 0.391 e. The summed E-state index contributed by atoms with van der Waals surface area (Å²) in [6.45, 7) is 31.8. The second-order valence-corrected chi connectivity index (χ2v) is 4.03. The second-order valence-electron chi connectivity index (χ2n) is 4.03. The molecule has 1 nitrogen and oxygen atoms in total. The molecule has 0 atom stereocenters. The zero-order valence-electron chi connectivity index (χ0n) is 10.3. The van der Waals surface area contributed by atoms with Crippen LogP contribution in [0.5, 0.6) is 0 Å². The minimum atomic E-state index is 0. The van der Waals surface area contributed by atoms with Crippen LogP contribution in [0.25, 0.3) is 0 Å². The van der Waals surface area contributed by atoms with Crippen LogP contribution in [0.15, 0.2) is 34.4 Å². The van der Waals surface area contributed by atoms with Crippen molar-refractivity contribution in [2.45, 2.75) is 32.1 Å². The van der Waals surface area contributed by atoms with Crippen LogP contribution in [-0.2, 0) is 24.1 Å². The van der Waals surface area contributed by atoms with Gasteiger partial charge in [0.25, 0.3) is 0 Å². The van der Waals surface area contributed by atoms with E-state index in [1.807, 2.05) is 0 Å². The average Bonchev–Trinajstić information content (AvgIpc) is 2.33. The van der Waals surface area contributed by atoms with Crippen molar-refractivity contribution in [3.8, 4) is 0 Å². The Balaban J connectivity index is 0. The summed E-state index contributed by atoms with van der Waals surface area (Å²) >= 11 is 0. The predicted molar refractivity (Wildman–Crippen MR) is 67.4 cm³/mol. The molecule has 1 fully saturated rings. The molecule has 99 valence electrons. The van der Waals surface area contributed by atoms with Gasteiger partial charge in [-0.15, -0.1) is 32.3 Å². The average molecular weight is 327 g/mol. The summed E-state index contributed by atoms with van der Waals surface area (Å²) in [6.07, 6.45) is 3.61. The van der Waals surface area contributed by atoms with E-state index in [-0.39, 0.29) is 19.5 Å². The van der Waals surface area contributed by atoms with Crippen molar-refractivity contribution in [3.63, 3.8) is 0 Å². The Labute approximate surface area is 124 Å². The molecular weight excluding hydrogens is 311 g/mol. The molecule has 1 saturated carbocycles. The van der Waals surface area contributed by atoms with Crippen LogP contribution in [0.2, 0.25) is 0 Å². The molecule has 1 aliphatic carbocycles. The van der Waals surface area contributed by atoms with Crippen molar-refractivity contribution < 1.29 is 24.1 Å². The molecular formula is C16H16ORh-4. The summed E-state index contributed by atoms with van der Waals surface area (Å²) < 4.78 is 7.50. The Bertz CT molecular complexity index is 385. The van der Waals surface area contributed by atoms with Crippen molar-refractivity contribution in [2.75, 3.05) is 0 Å². The quantitative estimate of drug-likeness (QED) is 0.278. The monoisotopic (exact) mass is 327 g/mol. The Kier molecular flexibility index (Phi) is 10.8. The van der Waals surface area contributed by atoms with Gasteiger partial charge in [-0.1, -0.05) is 5.57 Å². The molecule has 0 aliphatic heterocycles. The molecule has 0 aromatic rings. The molecule has 1 rings (SSSR count). The molecule has 1 radical (unpaired) electrons. The van der Waals surface area contributed by atoms with Gasteiger partial charge in [0.15, 0.2) is 0 Å². The Morgan fingerprint density at radius 3 is 1.56 bits per heavy atom. The number of hydrogen-bond acceptors (Lipinski definition) is 0. The van der Waals surface area contributed by atoms with Gasteiger partial charge in [0.2, 0.25) is 0 Å². The summed E-state index contributed by atoms with van der Waals surface area (Å²) in [7, 11) is 0. The van der Waals surface area contributed by atoms with Gasteiger partial charge in [0.1, 0.15) is 0 Å². The Morgan fingerprint density at radius 1 is 0.778 bits per heavy atom. The third-order valence-electron chi connectivity index (χ3n) is 2.68. The second kappa shape index (κ2) is 10.0. The van der Waals surface area contributed by atoms with E-state index < -0.39 is 0 Å². The normalized spacial score (nSPS) is 17.3. The van der Waals surface area contributed by atoms with E-state index >= 15 is 0 Å². The van der Waals surface area contributed by atoms with Crippen LogP contribution >= 0.6 is 0 Å². The summed E-state index contributed by atoms with van der Waals surface area (Å²) in [6, 6.07) is 0. The maximum atomic E-state index is 7.50. The minimum absolute atomic E-state index is 0. The molecule has 0 bridgehead atoms. The molecule has 18 heavy (non-hydrogen) atoms. The summed E-state index contributed by atoms with van der Waals surface area (Å²) in [5.41, 5.74) is 3.94. The fourth-order valence-corrected chi connectivity index (χ4v) is 1.53. The van der Waals surface area contributed by atoms with E-state index in [1.165, 1.54) is 0 Å². The van der Waals surface area contributed by atoms with E-state index in [1.54, 1.807) is 0 Å². The fraction of sp³-hybridized carbons (Fsp3) is 0.312. The standard InChI is InChI=1S/C15H16.CO.Rh/c1-11-6-7-12(2)13(3)8-9-14(4)15(5)10-11;1-2;/h2-5H,1,6-10H2;;/q-4;;. The summed E-state index contributed by atoms with van der Waals surface area (Å²) in [5.74, 6) is 0. The van der Waals surface area contributed by atoms with Crippen LogP contribution in [0.4, 0.5) is 0 Å². The Morgan fingerprint density at radius 2 is 1.11 bits per heavy atom. The smallest absolute Gasteiger partial charge is 0 e. The maximum absolute atomic E-state index is 7.50. The Hall–Kier alpha value is -0.937. The molecule has 0 aromatic heterocycles. The van der Waals surface area contributed by atoms with Crippen molar-refractivity contribution in [1.29, 1.82) is 0 Å². The van der Waals surface area contributed by atoms with Gasteiger partial charge in [-0.2, -0.15) is 0 Å². The van der Waals surface area contributed by atoms with Crippen molar-refractivity contribution >= 4 is 0 Å². The van der Waals surface area contributed by atoms with Gasteiger partial charge in [0.05, 0.1) is 0 Å². The van der Waals surface area contributed by atoms with Gasteiger partial charge in [0, 0.05) is 19.5 Å².